The van der Waals surface area contributed by atoms with Gasteiger partial charge < -0.3 is 4.42 Å². The Hall–Kier alpha value is -1.16. The Morgan fingerprint density at radius 3 is 3.12 bits per heavy atom. The molecule has 0 saturated carbocycles. The van der Waals surface area contributed by atoms with E-state index in [1.807, 2.05) is 18.4 Å². The van der Waals surface area contributed by atoms with E-state index in [0.717, 1.165) is 29.4 Å². The summed E-state index contributed by atoms with van der Waals surface area (Å²) in [5.74, 6) is 0.888. The summed E-state index contributed by atoms with van der Waals surface area (Å²) in [4.78, 5) is 13.5. The first-order chi connectivity index (χ1) is 7.76. The monoisotopic (exact) mass is 237 g/mol. The molecule has 86 valence electrons. The van der Waals surface area contributed by atoms with Crippen molar-refractivity contribution in [2.45, 2.75) is 24.4 Å². The lowest BCUT2D eigenvalue weighted by atomic mass is 10.1. The average molecular weight is 237 g/mol. The van der Waals surface area contributed by atoms with Crippen molar-refractivity contribution in [1.29, 1.82) is 0 Å². The molecule has 0 spiro atoms. The van der Waals surface area contributed by atoms with E-state index in [1.54, 1.807) is 16.7 Å². The molecule has 0 atom stereocenters. The number of rotatable bonds is 4. The molecular weight excluding hydrogens is 222 g/mol. The van der Waals surface area contributed by atoms with Gasteiger partial charge in [0.15, 0.2) is 5.09 Å². The molecule has 2 rings (SSSR count). The second-order valence-corrected chi connectivity index (χ2v) is 4.53. The van der Waals surface area contributed by atoms with Crippen molar-refractivity contribution in [3.05, 3.63) is 24.3 Å². The molecule has 1 amide bonds. The highest BCUT2D eigenvalue weighted by atomic mass is 32.2. The molecule has 0 aliphatic carbocycles. The van der Waals surface area contributed by atoms with Crippen LogP contribution in [-0.2, 0) is 11.2 Å². The van der Waals surface area contributed by atoms with Gasteiger partial charge in [0.05, 0.1) is 0 Å². The van der Waals surface area contributed by atoms with Crippen LogP contribution in [0.3, 0.4) is 0 Å². The fourth-order valence-electron chi connectivity index (χ4n) is 1.84. The Balaban J connectivity index is 2.27. The molecule has 1 aliphatic rings. The summed E-state index contributed by atoms with van der Waals surface area (Å²) in [5, 5.41) is 0.878. The van der Waals surface area contributed by atoms with E-state index < -0.39 is 0 Å². The van der Waals surface area contributed by atoms with E-state index in [-0.39, 0.29) is 5.91 Å². The zero-order chi connectivity index (χ0) is 11.5. The van der Waals surface area contributed by atoms with Gasteiger partial charge in [-0.2, -0.15) is 0 Å². The molecule has 0 fully saturated rings. The predicted octanol–water partition coefficient (Wildman–Crippen LogP) is 2.86. The third-order valence-corrected chi connectivity index (χ3v) is 3.28. The Labute approximate surface area is 99.5 Å². The molecule has 0 aromatic carbocycles. The van der Waals surface area contributed by atoms with Crippen molar-refractivity contribution in [3.8, 4) is 0 Å². The lowest BCUT2D eigenvalue weighted by molar-refractivity contribution is -0.119. The second-order valence-electron chi connectivity index (χ2n) is 3.72. The summed E-state index contributed by atoms with van der Waals surface area (Å²) < 4.78 is 5.67. The number of aryl methyl sites for hydroxylation is 1. The first-order valence-corrected chi connectivity index (χ1v) is 6.56. The highest BCUT2D eigenvalue weighted by molar-refractivity contribution is 7.98. The molecule has 0 unspecified atom stereocenters. The summed E-state index contributed by atoms with van der Waals surface area (Å²) in [6.45, 7) is 4.34. The van der Waals surface area contributed by atoms with Crippen molar-refractivity contribution in [3.63, 3.8) is 0 Å². The fourth-order valence-corrected chi connectivity index (χ4v) is 2.26. The van der Waals surface area contributed by atoms with Gasteiger partial charge >= 0.3 is 0 Å². The Morgan fingerprint density at radius 1 is 1.62 bits per heavy atom. The van der Waals surface area contributed by atoms with E-state index in [1.165, 1.54) is 0 Å². The number of anilines is 1. The SMILES string of the molecule is C=CCCN1C(=O)CCc2cc(SC)oc21. The van der Waals surface area contributed by atoms with E-state index >= 15 is 0 Å². The van der Waals surface area contributed by atoms with Crippen LogP contribution in [0.4, 0.5) is 5.88 Å². The minimum Gasteiger partial charge on any atom is -0.434 e. The van der Waals surface area contributed by atoms with Gasteiger partial charge in [-0.1, -0.05) is 17.8 Å². The van der Waals surface area contributed by atoms with Crippen molar-refractivity contribution in [1.82, 2.24) is 0 Å². The first-order valence-electron chi connectivity index (χ1n) is 5.34. The number of fused-ring (bicyclic) bond motifs is 1. The van der Waals surface area contributed by atoms with Gasteiger partial charge in [0.1, 0.15) is 0 Å². The maximum absolute atomic E-state index is 11.8. The molecule has 0 N–H and O–H groups in total. The lowest BCUT2D eigenvalue weighted by Gasteiger charge is -2.24. The smallest absolute Gasteiger partial charge is 0.229 e. The zero-order valence-electron chi connectivity index (χ0n) is 9.36. The van der Waals surface area contributed by atoms with Gasteiger partial charge in [0.2, 0.25) is 11.8 Å². The topological polar surface area (TPSA) is 33.5 Å². The predicted molar refractivity (Wildman–Crippen MR) is 66.0 cm³/mol. The van der Waals surface area contributed by atoms with Gasteiger partial charge in [-0.05, 0) is 25.2 Å². The quantitative estimate of drug-likeness (QED) is 0.596. The van der Waals surface area contributed by atoms with Gasteiger partial charge in [-0.3, -0.25) is 9.69 Å². The van der Waals surface area contributed by atoms with E-state index in [0.29, 0.717) is 13.0 Å². The molecule has 0 bridgehead atoms. The van der Waals surface area contributed by atoms with Crippen LogP contribution in [0.25, 0.3) is 0 Å². The molecule has 2 heterocycles. The van der Waals surface area contributed by atoms with Crippen LogP contribution in [0, 0.1) is 0 Å². The molecule has 0 saturated heterocycles. The van der Waals surface area contributed by atoms with Gasteiger partial charge in [-0.15, -0.1) is 6.58 Å². The van der Waals surface area contributed by atoms with Gasteiger partial charge in [0.25, 0.3) is 0 Å². The molecular formula is C12H15NO2S. The van der Waals surface area contributed by atoms with Crippen LogP contribution in [0.15, 0.2) is 28.2 Å². The first kappa shape index (κ1) is 11.3. The van der Waals surface area contributed by atoms with Crippen LogP contribution in [0.1, 0.15) is 18.4 Å². The minimum atomic E-state index is 0.149. The van der Waals surface area contributed by atoms with Gasteiger partial charge in [0, 0.05) is 18.5 Å². The number of thioether (sulfide) groups is 1. The summed E-state index contributed by atoms with van der Waals surface area (Å²) >= 11 is 1.56. The maximum Gasteiger partial charge on any atom is 0.229 e. The zero-order valence-corrected chi connectivity index (χ0v) is 10.2. The number of hydrogen-bond donors (Lipinski definition) is 0. The van der Waals surface area contributed by atoms with Crippen LogP contribution in [0.2, 0.25) is 0 Å². The second kappa shape index (κ2) is 4.78. The van der Waals surface area contributed by atoms with Crippen LogP contribution in [-0.4, -0.2) is 18.7 Å². The van der Waals surface area contributed by atoms with Crippen LogP contribution >= 0.6 is 11.8 Å². The minimum absolute atomic E-state index is 0.149. The van der Waals surface area contributed by atoms with Crippen LogP contribution < -0.4 is 4.90 Å². The molecule has 1 aromatic rings. The van der Waals surface area contributed by atoms with E-state index in [4.69, 9.17) is 4.42 Å². The number of carbonyl (C=O) groups excluding carboxylic acids is 1. The van der Waals surface area contributed by atoms with Crippen molar-refractivity contribution in [2.75, 3.05) is 17.7 Å². The summed E-state index contributed by atoms with van der Waals surface area (Å²) in [5.41, 5.74) is 1.15. The van der Waals surface area contributed by atoms with E-state index in [2.05, 4.69) is 6.58 Å². The normalized spacial score (nSPS) is 15.1. The van der Waals surface area contributed by atoms with Gasteiger partial charge in [-0.25, -0.2) is 0 Å². The largest absolute Gasteiger partial charge is 0.434 e. The average Bonchev–Trinajstić information content (AvgIpc) is 2.71. The molecule has 1 aromatic heterocycles. The maximum atomic E-state index is 11.8. The number of furan rings is 1. The highest BCUT2D eigenvalue weighted by Gasteiger charge is 2.27. The molecule has 1 aliphatic heterocycles. The molecule has 4 heteroatoms. The van der Waals surface area contributed by atoms with Crippen molar-refractivity contribution in [2.24, 2.45) is 0 Å². The standard InChI is InChI=1S/C12H15NO2S/c1-3-4-7-13-10(14)6-5-9-8-11(16-2)15-12(9)13/h3,8H,1,4-7H2,2H3. The lowest BCUT2D eigenvalue weighted by Crippen LogP contribution is -2.35. The Bertz CT molecular complexity index is 411. The number of carbonyl (C=O) groups is 1. The third kappa shape index (κ3) is 2.02. The number of amides is 1. The number of hydrogen-bond acceptors (Lipinski definition) is 3. The number of nitrogens with zero attached hydrogens (tertiary/aromatic N) is 1. The Kier molecular flexibility index (Phi) is 3.39. The van der Waals surface area contributed by atoms with Crippen molar-refractivity contribution < 1.29 is 9.21 Å². The summed E-state index contributed by atoms with van der Waals surface area (Å²) in [7, 11) is 0. The van der Waals surface area contributed by atoms with E-state index in [9.17, 15) is 4.79 Å². The summed E-state index contributed by atoms with van der Waals surface area (Å²) in [6.07, 6.45) is 5.96. The Morgan fingerprint density at radius 2 is 2.44 bits per heavy atom. The third-order valence-electron chi connectivity index (χ3n) is 2.68. The van der Waals surface area contributed by atoms with Crippen molar-refractivity contribution >= 4 is 23.6 Å². The summed E-state index contributed by atoms with van der Waals surface area (Å²) in [6, 6.07) is 2.04. The molecule has 0 radical (unpaired) electrons. The fraction of sp³-hybridized carbons (Fsp3) is 0.417. The molecule has 3 nitrogen and oxygen atoms in total. The highest BCUT2D eigenvalue weighted by Crippen LogP contribution is 2.34. The molecule has 16 heavy (non-hydrogen) atoms. The van der Waals surface area contributed by atoms with Crippen LogP contribution in [0.5, 0.6) is 0 Å².